The molecule has 0 saturated heterocycles. The van der Waals surface area contributed by atoms with Crippen molar-refractivity contribution in [2.45, 2.75) is 33.1 Å². The van der Waals surface area contributed by atoms with Crippen LogP contribution in [0.2, 0.25) is 0 Å². The second kappa shape index (κ2) is 10.7. The molecule has 0 radical (unpaired) electrons. The summed E-state index contributed by atoms with van der Waals surface area (Å²) >= 11 is 0. The second-order valence-electron chi connectivity index (χ2n) is 8.30. The van der Waals surface area contributed by atoms with Crippen LogP contribution in [0.4, 0.5) is 0 Å². The number of phenols is 1. The van der Waals surface area contributed by atoms with Gasteiger partial charge in [-0.05, 0) is 43.9 Å². The Labute approximate surface area is 198 Å². The van der Waals surface area contributed by atoms with Crippen LogP contribution in [0.25, 0.3) is 0 Å². The van der Waals surface area contributed by atoms with Gasteiger partial charge >= 0.3 is 11.9 Å². The van der Waals surface area contributed by atoms with Gasteiger partial charge in [-0.25, -0.2) is 4.79 Å². The number of benzene rings is 1. The summed E-state index contributed by atoms with van der Waals surface area (Å²) in [6.45, 7) is 6.20. The second-order valence-corrected chi connectivity index (χ2v) is 8.30. The minimum Gasteiger partial charge on any atom is -0.504 e. The fourth-order valence-corrected chi connectivity index (χ4v) is 4.57. The smallest absolute Gasteiger partial charge is 0.336 e. The van der Waals surface area contributed by atoms with Crippen LogP contribution < -0.4 is 10.1 Å². The predicted molar refractivity (Wildman–Crippen MR) is 122 cm³/mol. The Kier molecular flexibility index (Phi) is 7.98. The van der Waals surface area contributed by atoms with Crippen LogP contribution in [0.5, 0.6) is 11.5 Å². The number of ether oxygens (including phenoxy) is 4. The van der Waals surface area contributed by atoms with E-state index in [-0.39, 0.29) is 36.2 Å². The summed E-state index contributed by atoms with van der Waals surface area (Å²) in [6.07, 6.45) is 0.427. The first-order valence-corrected chi connectivity index (χ1v) is 11.2. The lowest BCUT2D eigenvalue weighted by Crippen LogP contribution is -2.43. The number of nitrogens with one attached hydrogen (secondary N) is 1. The average molecular weight is 474 g/mol. The lowest BCUT2D eigenvalue weighted by Gasteiger charge is -2.38. The molecule has 0 fully saturated rings. The maximum Gasteiger partial charge on any atom is 0.336 e. The molecular weight excluding hydrogens is 442 g/mol. The molecule has 9 nitrogen and oxygen atoms in total. The van der Waals surface area contributed by atoms with Gasteiger partial charge in [-0.1, -0.05) is 13.0 Å². The summed E-state index contributed by atoms with van der Waals surface area (Å²) in [5.74, 6) is -3.59. The molecule has 9 heteroatoms. The number of carbonyl (C=O) groups is 3. The Morgan fingerprint density at radius 2 is 1.94 bits per heavy atom. The lowest BCUT2D eigenvalue weighted by atomic mass is 9.69. The van der Waals surface area contributed by atoms with Crippen molar-refractivity contribution in [3.05, 3.63) is 46.3 Å². The van der Waals surface area contributed by atoms with E-state index in [2.05, 4.69) is 5.32 Å². The molecule has 2 N–H and O–H groups in total. The molecule has 3 atom stereocenters. The number of phenolic OH excluding ortho intramolecular Hbond substituents is 1. The molecule has 3 rings (SSSR count). The van der Waals surface area contributed by atoms with Crippen molar-refractivity contribution in [3.8, 4) is 11.5 Å². The molecule has 1 aromatic rings. The molecule has 0 unspecified atom stereocenters. The van der Waals surface area contributed by atoms with E-state index in [0.717, 1.165) is 0 Å². The Morgan fingerprint density at radius 3 is 2.59 bits per heavy atom. The van der Waals surface area contributed by atoms with E-state index < -0.39 is 29.6 Å². The van der Waals surface area contributed by atoms with Crippen molar-refractivity contribution in [2.75, 3.05) is 34.0 Å². The monoisotopic (exact) mass is 473 g/mol. The average Bonchev–Trinajstić information content (AvgIpc) is 2.81. The summed E-state index contributed by atoms with van der Waals surface area (Å²) in [5.41, 5.74) is 2.30. The number of hydrogen-bond acceptors (Lipinski definition) is 9. The van der Waals surface area contributed by atoms with E-state index in [1.54, 1.807) is 19.1 Å². The van der Waals surface area contributed by atoms with Gasteiger partial charge in [0.05, 0.1) is 26.4 Å². The van der Waals surface area contributed by atoms with Crippen molar-refractivity contribution in [2.24, 2.45) is 11.8 Å². The van der Waals surface area contributed by atoms with Crippen LogP contribution in [-0.2, 0) is 28.6 Å². The molecule has 1 aliphatic heterocycles. The first kappa shape index (κ1) is 25.3. The molecule has 0 bridgehead atoms. The number of carbonyl (C=O) groups excluding carboxylic acids is 3. The third-order valence-electron chi connectivity index (χ3n) is 6.17. The van der Waals surface area contributed by atoms with Gasteiger partial charge in [-0.15, -0.1) is 0 Å². The number of rotatable bonds is 8. The van der Waals surface area contributed by atoms with Gasteiger partial charge in [0.25, 0.3) is 0 Å². The van der Waals surface area contributed by atoms with Crippen molar-refractivity contribution in [3.63, 3.8) is 0 Å². The molecule has 0 amide bonds. The molecule has 1 heterocycles. The fourth-order valence-electron chi connectivity index (χ4n) is 4.57. The zero-order valence-electron chi connectivity index (χ0n) is 20.1. The van der Waals surface area contributed by atoms with Crippen LogP contribution in [0, 0.1) is 11.8 Å². The largest absolute Gasteiger partial charge is 0.504 e. The number of Topliss-reactive ketones (excluding diaryl/α,β-unsaturated/α-hetero) is 1. The van der Waals surface area contributed by atoms with Gasteiger partial charge in [0.15, 0.2) is 17.3 Å². The highest BCUT2D eigenvalue weighted by molar-refractivity contribution is 6.12. The van der Waals surface area contributed by atoms with E-state index in [1.165, 1.54) is 20.3 Å². The molecule has 0 aromatic heterocycles. The highest BCUT2D eigenvalue weighted by Crippen LogP contribution is 2.46. The summed E-state index contributed by atoms with van der Waals surface area (Å²) in [5, 5.41) is 13.3. The highest BCUT2D eigenvalue weighted by Gasteiger charge is 2.47. The normalized spacial score (nSPS) is 22.1. The van der Waals surface area contributed by atoms with Crippen LogP contribution >= 0.6 is 0 Å². The van der Waals surface area contributed by atoms with Gasteiger partial charge in [-0.2, -0.15) is 0 Å². The Hall–Kier alpha value is -3.33. The number of methoxy groups -OCH3 is 2. The third kappa shape index (κ3) is 4.79. The minimum atomic E-state index is -0.985. The quantitative estimate of drug-likeness (QED) is 0.333. The summed E-state index contributed by atoms with van der Waals surface area (Å²) in [4.78, 5) is 39.4. The Bertz CT molecular complexity index is 1040. The molecule has 1 aliphatic carbocycles. The first-order chi connectivity index (χ1) is 16.2. The van der Waals surface area contributed by atoms with Crippen LogP contribution in [0.3, 0.4) is 0 Å². The fraction of sp³-hybridized carbons (Fsp3) is 0.480. The maximum atomic E-state index is 13.7. The van der Waals surface area contributed by atoms with Gasteiger partial charge in [-0.3, -0.25) is 9.59 Å². The summed E-state index contributed by atoms with van der Waals surface area (Å²) < 4.78 is 20.9. The highest BCUT2D eigenvalue weighted by atomic mass is 16.6. The Balaban J connectivity index is 2.12. The SMILES string of the molecule is CCOCCOC(=O)C1=C(C)NC2=C(C(=O)[C@@H](C(=O)OC)[C@@H](C)C2)[C@@H]1c1ccc(O)c(OC)c1. The molecule has 1 aromatic carbocycles. The van der Waals surface area contributed by atoms with Gasteiger partial charge < -0.3 is 29.4 Å². The summed E-state index contributed by atoms with van der Waals surface area (Å²) in [7, 11) is 2.66. The molecular formula is C25H31NO8. The zero-order valence-corrected chi connectivity index (χ0v) is 20.1. The number of aromatic hydroxyl groups is 1. The molecule has 34 heavy (non-hydrogen) atoms. The van der Waals surface area contributed by atoms with Crippen molar-refractivity contribution in [1.82, 2.24) is 5.32 Å². The van der Waals surface area contributed by atoms with Crippen LogP contribution in [0.15, 0.2) is 40.7 Å². The van der Waals surface area contributed by atoms with Crippen LogP contribution in [0.1, 0.15) is 38.7 Å². The lowest BCUT2D eigenvalue weighted by molar-refractivity contribution is -0.151. The standard InChI is InChI=1S/C25H31NO8/c1-6-33-9-10-34-25(30)20-14(3)26-16-11-13(2)19(24(29)32-5)23(28)22(16)21(20)15-7-8-17(27)18(12-15)31-4/h7-8,12-13,19,21,26-27H,6,9-11H2,1-5H3/t13-,19-,21+/m0/s1. The van der Waals surface area contributed by atoms with Crippen LogP contribution in [-0.4, -0.2) is 56.9 Å². The molecule has 0 saturated carbocycles. The van der Waals surface area contributed by atoms with E-state index >= 15 is 0 Å². The molecule has 184 valence electrons. The van der Waals surface area contributed by atoms with Crippen molar-refractivity contribution >= 4 is 17.7 Å². The molecule has 0 spiro atoms. The van der Waals surface area contributed by atoms with Crippen molar-refractivity contribution in [1.29, 1.82) is 0 Å². The zero-order chi connectivity index (χ0) is 25.0. The predicted octanol–water partition coefficient (Wildman–Crippen LogP) is 2.59. The topological polar surface area (TPSA) is 120 Å². The van der Waals surface area contributed by atoms with Gasteiger partial charge in [0.1, 0.15) is 12.5 Å². The minimum absolute atomic E-state index is 0.0523. The number of hydrogen-bond donors (Lipinski definition) is 2. The number of allylic oxidation sites excluding steroid dienone is 3. The Morgan fingerprint density at radius 1 is 1.21 bits per heavy atom. The van der Waals surface area contributed by atoms with Gasteiger partial charge in [0.2, 0.25) is 0 Å². The third-order valence-corrected chi connectivity index (χ3v) is 6.17. The molecule has 2 aliphatic rings. The van der Waals surface area contributed by atoms with E-state index in [9.17, 15) is 19.5 Å². The number of dihydropyridines is 1. The summed E-state index contributed by atoms with van der Waals surface area (Å²) in [6, 6.07) is 4.64. The number of ketones is 1. The van der Waals surface area contributed by atoms with E-state index in [1.807, 2.05) is 13.8 Å². The maximum absolute atomic E-state index is 13.7. The first-order valence-electron chi connectivity index (χ1n) is 11.2. The van der Waals surface area contributed by atoms with Gasteiger partial charge in [0, 0.05) is 29.5 Å². The van der Waals surface area contributed by atoms with Crippen molar-refractivity contribution < 1.29 is 38.4 Å². The van der Waals surface area contributed by atoms with E-state index in [0.29, 0.717) is 35.6 Å². The van der Waals surface area contributed by atoms with E-state index in [4.69, 9.17) is 18.9 Å². The number of esters is 2.